The maximum atomic E-state index is 11.0. The molecule has 5 heteroatoms. The SMILES string of the molecule is NCCCN1CCCC1=O.O=C1CCCN1. The first kappa shape index (κ1) is 13.0. The molecule has 16 heavy (non-hydrogen) atoms. The number of nitrogens with zero attached hydrogens (tertiary/aromatic N) is 1. The quantitative estimate of drug-likeness (QED) is 0.704. The lowest BCUT2D eigenvalue weighted by molar-refractivity contribution is -0.127. The number of nitrogens with two attached hydrogens (primary N) is 1. The summed E-state index contributed by atoms with van der Waals surface area (Å²) in [5.41, 5.74) is 5.31. The summed E-state index contributed by atoms with van der Waals surface area (Å²) in [7, 11) is 0. The average molecular weight is 227 g/mol. The van der Waals surface area contributed by atoms with Crippen molar-refractivity contribution in [1.29, 1.82) is 0 Å². The van der Waals surface area contributed by atoms with Crippen molar-refractivity contribution in [3.63, 3.8) is 0 Å². The first-order chi connectivity index (χ1) is 7.74. The molecule has 2 amide bonds. The minimum absolute atomic E-state index is 0.204. The van der Waals surface area contributed by atoms with E-state index in [1.165, 1.54) is 0 Å². The van der Waals surface area contributed by atoms with E-state index >= 15 is 0 Å². The van der Waals surface area contributed by atoms with E-state index in [1.54, 1.807) is 0 Å². The van der Waals surface area contributed by atoms with Gasteiger partial charge in [-0.05, 0) is 25.8 Å². The molecule has 2 aliphatic rings. The molecule has 0 bridgehead atoms. The number of nitrogens with one attached hydrogen (secondary N) is 1. The number of amides is 2. The zero-order chi connectivity index (χ0) is 11.8. The van der Waals surface area contributed by atoms with Crippen LogP contribution in [0.5, 0.6) is 0 Å². The number of likely N-dealkylation sites (tertiary alicyclic amines) is 1. The Labute approximate surface area is 96.4 Å². The highest BCUT2D eigenvalue weighted by atomic mass is 16.2. The minimum Gasteiger partial charge on any atom is -0.356 e. The van der Waals surface area contributed by atoms with Crippen molar-refractivity contribution < 1.29 is 9.59 Å². The Morgan fingerprint density at radius 3 is 2.44 bits per heavy atom. The fraction of sp³-hybridized carbons (Fsp3) is 0.818. The molecule has 92 valence electrons. The Morgan fingerprint density at radius 2 is 2.06 bits per heavy atom. The van der Waals surface area contributed by atoms with Gasteiger partial charge in [0.05, 0.1) is 0 Å². The largest absolute Gasteiger partial charge is 0.356 e. The van der Waals surface area contributed by atoms with Crippen molar-refractivity contribution in [2.24, 2.45) is 5.73 Å². The third-order valence-electron chi connectivity index (χ3n) is 2.71. The fourth-order valence-corrected chi connectivity index (χ4v) is 1.79. The van der Waals surface area contributed by atoms with Crippen LogP contribution in [0.3, 0.4) is 0 Å². The fourth-order valence-electron chi connectivity index (χ4n) is 1.79. The van der Waals surface area contributed by atoms with Crippen LogP contribution in [0.2, 0.25) is 0 Å². The van der Waals surface area contributed by atoms with Crippen molar-refractivity contribution in [3.8, 4) is 0 Å². The number of rotatable bonds is 3. The maximum Gasteiger partial charge on any atom is 0.222 e. The van der Waals surface area contributed by atoms with Crippen molar-refractivity contribution >= 4 is 11.8 Å². The highest BCUT2D eigenvalue weighted by molar-refractivity contribution is 5.78. The summed E-state index contributed by atoms with van der Waals surface area (Å²) in [6.45, 7) is 3.37. The highest BCUT2D eigenvalue weighted by Crippen LogP contribution is 2.08. The van der Waals surface area contributed by atoms with Gasteiger partial charge in [-0.1, -0.05) is 0 Å². The first-order valence-electron chi connectivity index (χ1n) is 5.98. The van der Waals surface area contributed by atoms with Crippen LogP contribution in [-0.2, 0) is 9.59 Å². The van der Waals surface area contributed by atoms with Crippen molar-refractivity contribution in [1.82, 2.24) is 10.2 Å². The summed E-state index contributed by atoms with van der Waals surface area (Å²) in [4.78, 5) is 23.0. The van der Waals surface area contributed by atoms with Crippen LogP contribution >= 0.6 is 0 Å². The number of carbonyl (C=O) groups excluding carboxylic acids is 2. The molecule has 0 unspecified atom stereocenters. The van der Waals surface area contributed by atoms with Gasteiger partial charge >= 0.3 is 0 Å². The van der Waals surface area contributed by atoms with Gasteiger partial charge in [0.1, 0.15) is 0 Å². The topological polar surface area (TPSA) is 75.4 Å². The van der Waals surface area contributed by atoms with Gasteiger partial charge in [-0.25, -0.2) is 0 Å². The second kappa shape index (κ2) is 7.22. The van der Waals surface area contributed by atoms with Crippen LogP contribution in [0.15, 0.2) is 0 Å². The molecule has 0 spiro atoms. The van der Waals surface area contributed by atoms with E-state index in [9.17, 15) is 9.59 Å². The molecule has 0 radical (unpaired) electrons. The van der Waals surface area contributed by atoms with Crippen molar-refractivity contribution in [2.45, 2.75) is 32.1 Å². The van der Waals surface area contributed by atoms with Gasteiger partial charge in [-0.15, -0.1) is 0 Å². The molecule has 0 saturated carbocycles. The number of hydrogen-bond donors (Lipinski definition) is 2. The highest BCUT2D eigenvalue weighted by Gasteiger charge is 2.18. The van der Waals surface area contributed by atoms with Gasteiger partial charge < -0.3 is 16.0 Å². The normalized spacial score (nSPS) is 19.4. The molecule has 0 aliphatic carbocycles. The van der Waals surface area contributed by atoms with Crippen molar-refractivity contribution in [3.05, 3.63) is 0 Å². The number of hydrogen-bond acceptors (Lipinski definition) is 3. The average Bonchev–Trinajstić information content (AvgIpc) is 2.88. The minimum atomic E-state index is 0.204. The Kier molecular flexibility index (Phi) is 5.85. The summed E-state index contributed by atoms with van der Waals surface area (Å²) in [5, 5.41) is 2.68. The molecule has 5 nitrogen and oxygen atoms in total. The first-order valence-corrected chi connectivity index (χ1v) is 5.98. The smallest absolute Gasteiger partial charge is 0.222 e. The summed E-state index contributed by atoms with van der Waals surface area (Å²) in [6, 6.07) is 0. The second-order valence-electron chi connectivity index (χ2n) is 4.08. The Hall–Kier alpha value is -1.10. The lowest BCUT2D eigenvalue weighted by Gasteiger charge is -2.13. The van der Waals surface area contributed by atoms with Crippen LogP contribution in [0, 0.1) is 0 Å². The molecule has 2 rings (SSSR count). The van der Waals surface area contributed by atoms with E-state index in [2.05, 4.69) is 5.32 Å². The van der Waals surface area contributed by atoms with Crippen LogP contribution in [0.4, 0.5) is 0 Å². The van der Waals surface area contributed by atoms with Crippen LogP contribution < -0.4 is 11.1 Å². The Balaban J connectivity index is 0.000000181. The second-order valence-corrected chi connectivity index (χ2v) is 4.08. The third-order valence-corrected chi connectivity index (χ3v) is 2.71. The van der Waals surface area contributed by atoms with E-state index in [-0.39, 0.29) is 5.91 Å². The maximum absolute atomic E-state index is 11.0. The Bertz CT molecular complexity index is 235. The molecule has 2 heterocycles. The van der Waals surface area contributed by atoms with Gasteiger partial charge in [0, 0.05) is 32.5 Å². The summed E-state index contributed by atoms with van der Waals surface area (Å²) >= 11 is 0. The molecule has 2 aliphatic heterocycles. The zero-order valence-corrected chi connectivity index (χ0v) is 9.71. The molecular formula is C11H21N3O2. The third kappa shape index (κ3) is 4.61. The molecule has 0 aromatic heterocycles. The van der Waals surface area contributed by atoms with Crippen molar-refractivity contribution in [2.75, 3.05) is 26.2 Å². The van der Waals surface area contributed by atoms with Gasteiger partial charge in [-0.3, -0.25) is 9.59 Å². The monoisotopic (exact) mass is 227 g/mol. The lowest BCUT2D eigenvalue weighted by atomic mass is 10.4. The molecule has 0 aromatic rings. The zero-order valence-electron chi connectivity index (χ0n) is 9.71. The van der Waals surface area contributed by atoms with Gasteiger partial charge in [0.2, 0.25) is 11.8 Å². The summed E-state index contributed by atoms with van der Waals surface area (Å²) in [6.07, 6.45) is 4.47. The van der Waals surface area contributed by atoms with Crippen LogP contribution in [0.25, 0.3) is 0 Å². The van der Waals surface area contributed by atoms with E-state index < -0.39 is 0 Å². The number of carbonyl (C=O) groups is 2. The van der Waals surface area contributed by atoms with Gasteiger partial charge in [0.15, 0.2) is 0 Å². The van der Waals surface area contributed by atoms with Gasteiger partial charge in [0.25, 0.3) is 0 Å². The van der Waals surface area contributed by atoms with Gasteiger partial charge in [-0.2, -0.15) is 0 Å². The van der Waals surface area contributed by atoms with E-state index in [1.807, 2.05) is 4.90 Å². The summed E-state index contributed by atoms with van der Waals surface area (Å²) < 4.78 is 0. The standard InChI is InChI=1S/C7H14N2O.C4H7NO/c8-4-2-6-9-5-1-3-7(9)10;6-4-2-1-3-5-4/h1-6,8H2;1-3H2,(H,5,6). The van der Waals surface area contributed by atoms with Crippen LogP contribution in [0.1, 0.15) is 32.1 Å². The molecule has 3 N–H and O–H groups in total. The van der Waals surface area contributed by atoms with E-state index in [0.29, 0.717) is 12.5 Å². The predicted octanol–water partition coefficient (Wildman–Crippen LogP) is -0.146. The van der Waals surface area contributed by atoms with E-state index in [4.69, 9.17) is 5.73 Å². The molecule has 0 atom stereocenters. The molecule has 2 saturated heterocycles. The summed E-state index contributed by atoms with van der Waals surface area (Å²) in [5.74, 6) is 0.503. The predicted molar refractivity (Wildman–Crippen MR) is 61.7 cm³/mol. The lowest BCUT2D eigenvalue weighted by Crippen LogP contribution is -2.27. The van der Waals surface area contributed by atoms with E-state index in [0.717, 1.165) is 51.7 Å². The molecular weight excluding hydrogens is 206 g/mol. The van der Waals surface area contributed by atoms with Crippen LogP contribution in [-0.4, -0.2) is 42.9 Å². The molecule has 0 aromatic carbocycles. The molecule has 2 fully saturated rings. The Morgan fingerprint density at radius 1 is 1.25 bits per heavy atom.